The number of amides is 1. The van der Waals surface area contributed by atoms with Gasteiger partial charge in [-0.25, -0.2) is 9.07 Å². The maximum Gasteiger partial charge on any atom is 0.237 e. The van der Waals surface area contributed by atoms with Crippen LogP contribution in [0.2, 0.25) is 0 Å². The summed E-state index contributed by atoms with van der Waals surface area (Å²) < 4.78 is 15.0. The third kappa shape index (κ3) is 4.55. The summed E-state index contributed by atoms with van der Waals surface area (Å²) in [5.41, 5.74) is 4.80. The zero-order chi connectivity index (χ0) is 20.4. The second kappa shape index (κ2) is 9.41. The van der Waals surface area contributed by atoms with E-state index >= 15 is 0 Å². The van der Waals surface area contributed by atoms with Crippen molar-refractivity contribution in [2.75, 3.05) is 0 Å². The zero-order valence-electron chi connectivity index (χ0n) is 17.1. The van der Waals surface area contributed by atoms with Crippen LogP contribution in [0.1, 0.15) is 41.4 Å². The smallest absolute Gasteiger partial charge is 0.237 e. The van der Waals surface area contributed by atoms with Gasteiger partial charge in [0.05, 0.1) is 17.4 Å². The first-order valence-electron chi connectivity index (χ1n) is 9.92. The first-order valence-corrected chi connectivity index (χ1v) is 9.92. The van der Waals surface area contributed by atoms with Gasteiger partial charge in [-0.1, -0.05) is 30.3 Å². The van der Waals surface area contributed by atoms with Crippen molar-refractivity contribution >= 4 is 18.3 Å². The average Bonchev–Trinajstić information content (AvgIpc) is 3.33. The van der Waals surface area contributed by atoms with Gasteiger partial charge in [0.25, 0.3) is 0 Å². The van der Waals surface area contributed by atoms with E-state index in [2.05, 4.69) is 27.9 Å². The van der Waals surface area contributed by atoms with Gasteiger partial charge >= 0.3 is 0 Å². The van der Waals surface area contributed by atoms with Gasteiger partial charge in [0.2, 0.25) is 5.91 Å². The number of benzene rings is 2. The van der Waals surface area contributed by atoms with E-state index in [9.17, 15) is 9.18 Å². The van der Waals surface area contributed by atoms with Crippen LogP contribution in [0.5, 0.6) is 0 Å². The Morgan fingerprint density at radius 2 is 1.83 bits per heavy atom. The molecule has 2 aromatic carbocycles. The van der Waals surface area contributed by atoms with Crippen LogP contribution in [0.25, 0.3) is 5.69 Å². The molecule has 1 aromatic heterocycles. The summed E-state index contributed by atoms with van der Waals surface area (Å²) in [6.07, 6.45) is 1.76. The molecule has 5 nitrogen and oxygen atoms in total. The van der Waals surface area contributed by atoms with Gasteiger partial charge in [0.15, 0.2) is 0 Å². The Kier molecular flexibility index (Phi) is 6.90. The highest BCUT2D eigenvalue weighted by molar-refractivity contribution is 5.85. The highest BCUT2D eigenvalue weighted by atomic mass is 35.5. The van der Waals surface area contributed by atoms with Gasteiger partial charge in [-0.15, -0.1) is 12.4 Å². The number of halogens is 2. The van der Waals surface area contributed by atoms with Gasteiger partial charge in [-0.05, 0) is 56.5 Å². The second-order valence-corrected chi connectivity index (χ2v) is 7.52. The lowest BCUT2D eigenvalue weighted by Crippen LogP contribution is -2.40. The van der Waals surface area contributed by atoms with Gasteiger partial charge in [0, 0.05) is 23.8 Å². The number of aromatic nitrogens is 2. The topological polar surface area (TPSA) is 59.0 Å². The fraction of sp³-hybridized carbons (Fsp3) is 0.304. The molecule has 2 atom stereocenters. The quantitative estimate of drug-likeness (QED) is 0.641. The maximum atomic E-state index is 13.2. The monoisotopic (exact) mass is 428 g/mol. The van der Waals surface area contributed by atoms with E-state index in [4.69, 9.17) is 0 Å². The molecular formula is C23H26ClFN4O. The molecule has 0 aliphatic carbocycles. The predicted molar refractivity (Wildman–Crippen MR) is 117 cm³/mol. The zero-order valence-corrected chi connectivity index (χ0v) is 17.9. The minimum absolute atomic E-state index is 0. The molecule has 1 saturated heterocycles. The molecule has 0 spiro atoms. The van der Waals surface area contributed by atoms with E-state index in [1.54, 1.807) is 16.8 Å². The second-order valence-electron chi connectivity index (χ2n) is 7.52. The van der Waals surface area contributed by atoms with Crippen molar-refractivity contribution < 1.29 is 9.18 Å². The molecule has 0 saturated carbocycles. The van der Waals surface area contributed by atoms with Crippen LogP contribution in [0.15, 0.2) is 54.6 Å². The normalized spacial score (nSPS) is 18.1. The highest BCUT2D eigenvalue weighted by Gasteiger charge is 2.29. The van der Waals surface area contributed by atoms with Crippen molar-refractivity contribution in [2.45, 2.75) is 45.3 Å². The molecule has 3 aromatic rings. The molecule has 30 heavy (non-hydrogen) atoms. The lowest BCUT2D eigenvalue weighted by Gasteiger charge is -2.15. The Morgan fingerprint density at radius 1 is 1.13 bits per heavy atom. The number of carbonyl (C=O) groups is 1. The molecule has 1 aliphatic heterocycles. The maximum absolute atomic E-state index is 13.2. The van der Waals surface area contributed by atoms with Crippen molar-refractivity contribution in [3.8, 4) is 5.69 Å². The number of hydrogen-bond acceptors (Lipinski definition) is 3. The number of hydrogen-bond donors (Lipinski definition) is 2. The van der Waals surface area contributed by atoms with Crippen LogP contribution in [0.3, 0.4) is 0 Å². The van der Waals surface area contributed by atoms with Crippen LogP contribution in [0.4, 0.5) is 4.39 Å². The van der Waals surface area contributed by atoms with Crippen LogP contribution in [-0.2, 0) is 11.3 Å². The molecule has 7 heteroatoms. The number of nitrogens with one attached hydrogen (secondary N) is 2. The summed E-state index contributed by atoms with van der Waals surface area (Å²) in [6, 6.07) is 16.5. The molecule has 1 aliphatic rings. The third-order valence-electron chi connectivity index (χ3n) is 5.62. The standard InChI is InChI=1S/C23H25FN4O.ClH/c1-15-20(16(2)28(27-15)19-10-8-18(24)9-11-19)14-25-23(29)22-13-12-21(26-22)17-6-4-3-5-7-17;/h3-11,21-22,26H,12-14H2,1-2H3,(H,25,29);1H/t21-,22-;/m1./s1. The molecule has 0 bridgehead atoms. The van der Waals surface area contributed by atoms with E-state index in [0.717, 1.165) is 35.5 Å². The number of aryl methyl sites for hydroxylation is 1. The molecule has 2 heterocycles. The Labute approximate surface area is 182 Å². The van der Waals surface area contributed by atoms with E-state index < -0.39 is 0 Å². The number of nitrogens with zero attached hydrogens (tertiary/aromatic N) is 2. The van der Waals surface area contributed by atoms with Gasteiger partial charge in [0.1, 0.15) is 5.82 Å². The molecule has 4 rings (SSSR count). The number of carbonyl (C=O) groups excluding carboxylic acids is 1. The van der Waals surface area contributed by atoms with Crippen LogP contribution in [0, 0.1) is 19.7 Å². The summed E-state index contributed by atoms with van der Waals surface area (Å²) >= 11 is 0. The van der Waals surface area contributed by atoms with E-state index in [-0.39, 0.29) is 36.2 Å². The van der Waals surface area contributed by atoms with Crippen molar-refractivity contribution in [3.05, 3.63) is 82.9 Å². The summed E-state index contributed by atoms with van der Waals surface area (Å²) in [5.74, 6) is -0.266. The SMILES string of the molecule is Cc1nn(-c2ccc(F)cc2)c(C)c1CNC(=O)[C@H]1CC[C@H](c2ccccc2)N1.Cl. The summed E-state index contributed by atoms with van der Waals surface area (Å²) in [7, 11) is 0. The summed E-state index contributed by atoms with van der Waals surface area (Å²) in [6.45, 7) is 4.31. The van der Waals surface area contributed by atoms with E-state index in [1.165, 1.54) is 17.7 Å². The molecule has 1 fully saturated rings. The molecule has 0 unspecified atom stereocenters. The fourth-order valence-electron chi connectivity index (χ4n) is 3.96. The van der Waals surface area contributed by atoms with E-state index in [0.29, 0.717) is 6.54 Å². The Balaban J connectivity index is 0.00000256. The van der Waals surface area contributed by atoms with Crippen molar-refractivity contribution in [1.82, 2.24) is 20.4 Å². The van der Waals surface area contributed by atoms with Crippen LogP contribution < -0.4 is 10.6 Å². The number of rotatable bonds is 5. The summed E-state index contributed by atoms with van der Waals surface area (Å²) in [5, 5.41) is 11.1. The van der Waals surface area contributed by atoms with Crippen molar-refractivity contribution in [1.29, 1.82) is 0 Å². The van der Waals surface area contributed by atoms with E-state index in [1.807, 2.05) is 32.0 Å². The van der Waals surface area contributed by atoms with Crippen molar-refractivity contribution in [3.63, 3.8) is 0 Å². The lowest BCUT2D eigenvalue weighted by atomic mass is 10.1. The molecule has 0 radical (unpaired) electrons. The van der Waals surface area contributed by atoms with Gasteiger partial charge in [-0.2, -0.15) is 5.10 Å². The minimum atomic E-state index is -0.277. The Bertz CT molecular complexity index is 1000. The summed E-state index contributed by atoms with van der Waals surface area (Å²) in [4.78, 5) is 12.7. The Hall–Kier alpha value is -2.70. The van der Waals surface area contributed by atoms with Gasteiger partial charge in [-0.3, -0.25) is 10.1 Å². The van der Waals surface area contributed by atoms with Crippen LogP contribution >= 0.6 is 12.4 Å². The van der Waals surface area contributed by atoms with Gasteiger partial charge < -0.3 is 5.32 Å². The highest BCUT2D eigenvalue weighted by Crippen LogP contribution is 2.26. The largest absolute Gasteiger partial charge is 0.351 e. The molecule has 158 valence electrons. The fourth-order valence-corrected chi connectivity index (χ4v) is 3.96. The first-order chi connectivity index (χ1) is 14.0. The lowest BCUT2D eigenvalue weighted by molar-refractivity contribution is -0.123. The Morgan fingerprint density at radius 3 is 2.53 bits per heavy atom. The minimum Gasteiger partial charge on any atom is -0.351 e. The molecular weight excluding hydrogens is 403 g/mol. The predicted octanol–water partition coefficient (Wildman–Crippen LogP) is 4.16. The van der Waals surface area contributed by atoms with Crippen LogP contribution in [-0.4, -0.2) is 21.7 Å². The third-order valence-corrected chi connectivity index (χ3v) is 5.62. The molecule has 1 amide bonds. The first kappa shape index (κ1) is 22.0. The molecule has 2 N–H and O–H groups in total. The average molecular weight is 429 g/mol. The van der Waals surface area contributed by atoms with Crippen molar-refractivity contribution in [2.24, 2.45) is 0 Å².